The van der Waals surface area contributed by atoms with Crippen molar-refractivity contribution in [3.63, 3.8) is 0 Å². The van der Waals surface area contributed by atoms with Crippen LogP contribution in [-0.2, 0) is 15.0 Å². The van der Waals surface area contributed by atoms with Gasteiger partial charge in [0.2, 0.25) is 0 Å². The van der Waals surface area contributed by atoms with E-state index in [2.05, 4.69) is 11.3 Å². The molecule has 5 nitrogen and oxygen atoms in total. The fourth-order valence-corrected chi connectivity index (χ4v) is 3.10. The lowest BCUT2D eigenvalue weighted by atomic mass is 10.3. The Balaban J connectivity index is 2.44. The highest BCUT2D eigenvalue weighted by Gasteiger charge is 2.29. The van der Waals surface area contributed by atoms with Gasteiger partial charge in [-0.2, -0.15) is 12.7 Å². The minimum Gasteiger partial charge on any atom is -0.268 e. The van der Waals surface area contributed by atoms with Crippen LogP contribution in [0.5, 0.6) is 0 Å². The van der Waals surface area contributed by atoms with E-state index in [1.54, 1.807) is 60.7 Å². The second-order valence-electron chi connectivity index (χ2n) is 4.66. The van der Waals surface area contributed by atoms with Crippen LogP contribution in [0.1, 0.15) is 6.92 Å². The molecule has 0 radical (unpaired) electrons. The van der Waals surface area contributed by atoms with Crippen molar-refractivity contribution < 1.29 is 13.2 Å². The number of rotatable bonds is 5. The summed E-state index contributed by atoms with van der Waals surface area (Å²) in [5.41, 5.74) is 0.749. The van der Waals surface area contributed by atoms with Gasteiger partial charge in [-0.25, -0.2) is 0 Å². The number of benzene rings is 2. The average Bonchev–Trinajstić information content (AvgIpc) is 2.48. The third kappa shape index (κ3) is 3.53. The van der Waals surface area contributed by atoms with Crippen molar-refractivity contribution in [1.29, 1.82) is 0 Å². The minimum atomic E-state index is -4.10. The molecule has 0 bridgehead atoms. The normalized spacial score (nSPS) is 10.8. The van der Waals surface area contributed by atoms with Crippen molar-refractivity contribution in [2.24, 2.45) is 0 Å². The molecule has 0 aliphatic heterocycles. The maximum absolute atomic E-state index is 12.6. The number of hydrogen-bond acceptors (Lipinski definition) is 3. The Morgan fingerprint density at radius 3 is 2.00 bits per heavy atom. The van der Waals surface area contributed by atoms with Crippen molar-refractivity contribution in [1.82, 2.24) is 0 Å². The van der Waals surface area contributed by atoms with E-state index in [1.807, 2.05) is 0 Å². The quantitative estimate of drug-likeness (QED) is 0.862. The molecule has 0 aliphatic rings. The Hall–Kier alpha value is -2.60. The molecule has 0 aromatic heterocycles. The van der Waals surface area contributed by atoms with Crippen LogP contribution in [0.2, 0.25) is 0 Å². The lowest BCUT2D eigenvalue weighted by molar-refractivity contribution is -0.113. The lowest BCUT2D eigenvalue weighted by Gasteiger charge is -2.23. The summed E-state index contributed by atoms with van der Waals surface area (Å²) in [4.78, 5) is 12.3. The molecule has 0 unspecified atom stereocenters. The maximum Gasteiger partial charge on any atom is 0.330 e. The van der Waals surface area contributed by atoms with Crippen LogP contribution >= 0.6 is 0 Å². The molecule has 0 spiro atoms. The number of carbonyl (C=O) groups excluding carboxylic acids is 1. The summed E-state index contributed by atoms with van der Waals surface area (Å²) in [6, 6.07) is 16.5. The van der Waals surface area contributed by atoms with Crippen molar-refractivity contribution in [2.75, 3.05) is 9.03 Å². The van der Waals surface area contributed by atoms with E-state index in [4.69, 9.17) is 0 Å². The lowest BCUT2D eigenvalue weighted by Crippen LogP contribution is -2.41. The van der Waals surface area contributed by atoms with Gasteiger partial charge in [0.05, 0.1) is 11.4 Å². The summed E-state index contributed by atoms with van der Waals surface area (Å²) in [7, 11) is -4.10. The summed E-state index contributed by atoms with van der Waals surface area (Å²) < 4.78 is 28.3. The van der Waals surface area contributed by atoms with E-state index < -0.39 is 16.1 Å². The van der Waals surface area contributed by atoms with Gasteiger partial charge in [-0.3, -0.25) is 9.52 Å². The summed E-state index contributed by atoms with van der Waals surface area (Å²) in [5, 5.41) is 0. The molecule has 2 aromatic rings. The number of carbonyl (C=O) groups is 1. The Labute approximate surface area is 130 Å². The predicted molar refractivity (Wildman–Crippen MR) is 87.7 cm³/mol. The molecule has 0 heterocycles. The second-order valence-corrected chi connectivity index (χ2v) is 6.18. The molecule has 0 saturated carbocycles. The van der Waals surface area contributed by atoms with Gasteiger partial charge >= 0.3 is 10.2 Å². The standard InChI is InChI=1S/C16H16N2O3S/c1-13(2)16(19)18(15-11-7-4-8-12-15)22(20,21)17-14-9-5-3-6-10-14/h3-12,17H,1H2,2H3. The van der Waals surface area contributed by atoms with Gasteiger partial charge in [0.25, 0.3) is 5.91 Å². The Kier molecular flexibility index (Phi) is 4.62. The van der Waals surface area contributed by atoms with Crippen LogP contribution in [0.3, 0.4) is 0 Å². The maximum atomic E-state index is 12.6. The predicted octanol–water partition coefficient (Wildman–Crippen LogP) is 2.95. The van der Waals surface area contributed by atoms with Gasteiger partial charge in [0.1, 0.15) is 0 Å². The first-order valence-corrected chi connectivity index (χ1v) is 7.99. The van der Waals surface area contributed by atoms with Crippen molar-refractivity contribution in [3.8, 4) is 0 Å². The zero-order valence-electron chi connectivity index (χ0n) is 12.1. The smallest absolute Gasteiger partial charge is 0.268 e. The molecule has 2 rings (SSSR count). The van der Waals surface area contributed by atoms with Gasteiger partial charge in [0, 0.05) is 5.57 Å². The van der Waals surface area contributed by atoms with Crippen LogP contribution in [0, 0.1) is 0 Å². The molecule has 22 heavy (non-hydrogen) atoms. The molecule has 0 saturated heterocycles. The number of nitrogens with zero attached hydrogens (tertiary/aromatic N) is 1. The van der Waals surface area contributed by atoms with Gasteiger partial charge in [-0.05, 0) is 31.2 Å². The largest absolute Gasteiger partial charge is 0.330 e. The number of hydrogen-bond donors (Lipinski definition) is 1. The highest BCUT2D eigenvalue weighted by Crippen LogP contribution is 2.21. The summed E-state index contributed by atoms with van der Waals surface area (Å²) in [6.45, 7) is 5.01. The first-order valence-electron chi connectivity index (χ1n) is 6.55. The highest BCUT2D eigenvalue weighted by molar-refractivity contribution is 7.94. The molecular formula is C16H16N2O3S. The fourth-order valence-electron chi connectivity index (χ4n) is 1.80. The second kappa shape index (κ2) is 6.44. The number of anilines is 2. The van der Waals surface area contributed by atoms with Crippen LogP contribution in [0.4, 0.5) is 11.4 Å². The summed E-state index contributed by atoms with van der Waals surface area (Å²) >= 11 is 0. The topological polar surface area (TPSA) is 66.5 Å². The Morgan fingerprint density at radius 1 is 1.00 bits per heavy atom. The van der Waals surface area contributed by atoms with Crippen LogP contribution < -0.4 is 9.03 Å². The zero-order valence-corrected chi connectivity index (χ0v) is 12.9. The molecule has 0 aliphatic carbocycles. The van der Waals surface area contributed by atoms with Crippen LogP contribution in [0.15, 0.2) is 72.8 Å². The van der Waals surface area contributed by atoms with Gasteiger partial charge < -0.3 is 0 Å². The minimum absolute atomic E-state index is 0.127. The van der Waals surface area contributed by atoms with Gasteiger partial charge in [0.15, 0.2) is 0 Å². The Morgan fingerprint density at radius 2 is 1.50 bits per heavy atom. The van der Waals surface area contributed by atoms with Crippen LogP contribution in [0.25, 0.3) is 0 Å². The number of para-hydroxylation sites is 2. The molecular weight excluding hydrogens is 300 g/mol. The molecule has 0 fully saturated rings. The van der Waals surface area contributed by atoms with Crippen LogP contribution in [-0.4, -0.2) is 14.3 Å². The molecule has 1 N–H and O–H groups in total. The van der Waals surface area contributed by atoms with E-state index in [0.29, 0.717) is 9.99 Å². The third-order valence-corrected chi connectivity index (χ3v) is 4.15. The Bertz CT molecular complexity index is 772. The number of nitrogens with one attached hydrogen (secondary N) is 1. The van der Waals surface area contributed by atoms with Crippen molar-refractivity contribution in [2.45, 2.75) is 6.92 Å². The van der Waals surface area contributed by atoms with E-state index >= 15 is 0 Å². The van der Waals surface area contributed by atoms with E-state index in [-0.39, 0.29) is 11.3 Å². The van der Waals surface area contributed by atoms with E-state index in [9.17, 15) is 13.2 Å². The molecule has 2 aromatic carbocycles. The monoisotopic (exact) mass is 316 g/mol. The zero-order chi connectivity index (χ0) is 16.2. The fraction of sp³-hybridized carbons (Fsp3) is 0.0625. The average molecular weight is 316 g/mol. The first kappa shape index (κ1) is 15.8. The molecule has 0 atom stereocenters. The van der Waals surface area contributed by atoms with E-state index in [0.717, 1.165) is 0 Å². The SMILES string of the molecule is C=C(C)C(=O)N(c1ccccc1)S(=O)(=O)Nc1ccccc1. The molecule has 6 heteroatoms. The molecule has 114 valence electrons. The van der Waals surface area contributed by atoms with Gasteiger partial charge in [-0.15, -0.1) is 0 Å². The number of amides is 1. The van der Waals surface area contributed by atoms with Crippen molar-refractivity contribution in [3.05, 3.63) is 72.8 Å². The van der Waals surface area contributed by atoms with Crippen molar-refractivity contribution >= 4 is 27.5 Å². The van der Waals surface area contributed by atoms with Gasteiger partial charge in [-0.1, -0.05) is 43.0 Å². The third-order valence-electron chi connectivity index (χ3n) is 2.80. The highest BCUT2D eigenvalue weighted by atomic mass is 32.2. The summed E-state index contributed by atoms with van der Waals surface area (Å²) in [5.74, 6) is -0.686. The summed E-state index contributed by atoms with van der Waals surface area (Å²) in [6.07, 6.45) is 0. The molecule has 1 amide bonds. The first-order chi connectivity index (χ1) is 10.4. The van der Waals surface area contributed by atoms with E-state index in [1.165, 1.54) is 6.92 Å².